The third kappa shape index (κ3) is 5.08. The van der Waals surface area contributed by atoms with Gasteiger partial charge < -0.3 is 10.6 Å². The Labute approximate surface area is 191 Å². The van der Waals surface area contributed by atoms with Crippen molar-refractivity contribution in [1.29, 1.82) is 0 Å². The summed E-state index contributed by atoms with van der Waals surface area (Å²) in [6.45, 7) is -0.0287. The molecular weight excluding hydrogens is 454 g/mol. The van der Waals surface area contributed by atoms with Crippen LogP contribution in [-0.4, -0.2) is 26.6 Å². The van der Waals surface area contributed by atoms with Crippen LogP contribution in [0.5, 0.6) is 0 Å². The molecule has 31 heavy (non-hydrogen) atoms. The van der Waals surface area contributed by atoms with E-state index in [1.54, 1.807) is 59.2 Å². The molecule has 0 saturated heterocycles. The molecule has 156 valence electrons. The largest absolute Gasteiger partial charge is 0.324 e. The zero-order valence-corrected chi connectivity index (χ0v) is 18.4. The van der Waals surface area contributed by atoms with Crippen molar-refractivity contribution in [3.63, 3.8) is 0 Å². The molecule has 0 bridgehead atoms. The number of hydrogen-bond acceptors (Lipinski definition) is 5. The van der Waals surface area contributed by atoms with E-state index >= 15 is 0 Å². The van der Waals surface area contributed by atoms with Gasteiger partial charge in [-0.15, -0.1) is 11.3 Å². The molecule has 10 heteroatoms. The summed E-state index contributed by atoms with van der Waals surface area (Å²) in [7, 11) is 0. The summed E-state index contributed by atoms with van der Waals surface area (Å²) in [6.07, 6.45) is 0. The Kier molecular flexibility index (Phi) is 6.26. The zero-order chi connectivity index (χ0) is 21.8. The Morgan fingerprint density at radius 1 is 1.06 bits per heavy atom. The molecule has 2 aromatic heterocycles. The monoisotopic (exact) mass is 469 g/mol. The van der Waals surface area contributed by atoms with Gasteiger partial charge in [-0.1, -0.05) is 23.7 Å². The fraction of sp³-hybridized carbons (Fsp3) is 0.0476. The number of nitrogens with zero attached hydrogens (tertiary/aromatic N) is 2. The summed E-state index contributed by atoms with van der Waals surface area (Å²) in [5, 5.41) is 15.0. The van der Waals surface area contributed by atoms with Crippen LogP contribution in [0.4, 0.5) is 11.4 Å². The number of amides is 2. The van der Waals surface area contributed by atoms with Crippen molar-refractivity contribution in [2.75, 3.05) is 10.6 Å². The predicted octanol–water partition coefficient (Wildman–Crippen LogP) is 5.21. The normalized spacial score (nSPS) is 10.6. The van der Waals surface area contributed by atoms with Crippen molar-refractivity contribution >= 4 is 58.3 Å². The topological polar surface area (TPSA) is 91.8 Å². The van der Waals surface area contributed by atoms with E-state index in [0.29, 0.717) is 31.9 Å². The second kappa shape index (κ2) is 9.25. The van der Waals surface area contributed by atoms with Crippen molar-refractivity contribution in [2.45, 2.75) is 6.54 Å². The number of H-pyrrole nitrogens is 1. The number of hydrogen-bond donors (Lipinski definition) is 3. The number of thiophene rings is 1. The molecule has 2 amide bonds. The van der Waals surface area contributed by atoms with Crippen LogP contribution in [-0.2, 0) is 11.3 Å². The van der Waals surface area contributed by atoms with Crippen LogP contribution in [0.3, 0.4) is 0 Å². The first-order valence-electron chi connectivity index (χ1n) is 9.15. The summed E-state index contributed by atoms with van der Waals surface area (Å²) in [4.78, 5) is 25.5. The molecular formula is C21H16ClN5O2S2. The lowest BCUT2D eigenvalue weighted by molar-refractivity contribution is -0.116. The van der Waals surface area contributed by atoms with E-state index in [0.717, 1.165) is 5.56 Å². The fourth-order valence-corrected chi connectivity index (χ4v) is 3.84. The molecule has 0 aliphatic rings. The zero-order valence-electron chi connectivity index (χ0n) is 16.0. The molecule has 0 atom stereocenters. The average molecular weight is 470 g/mol. The average Bonchev–Trinajstić information content (AvgIpc) is 3.40. The van der Waals surface area contributed by atoms with Crippen LogP contribution >= 0.6 is 35.2 Å². The van der Waals surface area contributed by atoms with Gasteiger partial charge in [0.15, 0.2) is 10.6 Å². The lowest BCUT2D eigenvalue weighted by Gasteiger charge is -2.10. The SMILES string of the molecule is O=C(Cn1c(-c2ccc(Cl)cc2)n[nH]c1=S)Nc1cccc(NC(=O)c2cccs2)c1. The van der Waals surface area contributed by atoms with Crippen molar-refractivity contribution in [3.8, 4) is 11.4 Å². The lowest BCUT2D eigenvalue weighted by Crippen LogP contribution is -2.19. The molecule has 3 N–H and O–H groups in total. The summed E-state index contributed by atoms with van der Waals surface area (Å²) in [5.41, 5.74) is 1.91. The number of benzene rings is 2. The maximum atomic E-state index is 12.7. The van der Waals surface area contributed by atoms with E-state index in [4.69, 9.17) is 23.8 Å². The molecule has 0 aliphatic carbocycles. The molecule has 4 rings (SSSR count). The molecule has 4 aromatic rings. The number of aromatic amines is 1. The van der Waals surface area contributed by atoms with E-state index < -0.39 is 0 Å². The number of nitrogens with one attached hydrogen (secondary N) is 3. The highest BCUT2D eigenvalue weighted by molar-refractivity contribution is 7.71. The van der Waals surface area contributed by atoms with E-state index in [2.05, 4.69) is 20.8 Å². The molecule has 0 radical (unpaired) electrons. The van der Waals surface area contributed by atoms with Gasteiger partial charge in [-0.25, -0.2) is 0 Å². The van der Waals surface area contributed by atoms with Crippen molar-refractivity contribution in [1.82, 2.24) is 14.8 Å². The van der Waals surface area contributed by atoms with Gasteiger partial charge >= 0.3 is 0 Å². The first-order chi connectivity index (χ1) is 15.0. The highest BCUT2D eigenvalue weighted by atomic mass is 35.5. The van der Waals surface area contributed by atoms with Gasteiger partial charge in [0.1, 0.15) is 6.54 Å². The second-order valence-corrected chi connectivity index (χ2v) is 8.28. The Morgan fingerprint density at radius 2 is 1.81 bits per heavy atom. The van der Waals surface area contributed by atoms with Crippen molar-refractivity contribution < 1.29 is 9.59 Å². The number of aromatic nitrogens is 3. The van der Waals surface area contributed by atoms with Gasteiger partial charge in [0, 0.05) is 22.0 Å². The smallest absolute Gasteiger partial charge is 0.265 e. The molecule has 0 unspecified atom stereocenters. The number of carbonyl (C=O) groups excluding carboxylic acids is 2. The third-order valence-electron chi connectivity index (χ3n) is 4.31. The fourth-order valence-electron chi connectivity index (χ4n) is 2.90. The van der Waals surface area contributed by atoms with Crippen LogP contribution in [0.25, 0.3) is 11.4 Å². The summed E-state index contributed by atoms with van der Waals surface area (Å²) in [6, 6.07) is 17.6. The van der Waals surface area contributed by atoms with Crippen molar-refractivity contribution in [2.24, 2.45) is 0 Å². The number of carbonyl (C=O) groups is 2. The first-order valence-corrected chi connectivity index (χ1v) is 10.8. The minimum atomic E-state index is -0.283. The van der Waals surface area contributed by atoms with Gasteiger partial charge in [0.25, 0.3) is 5.91 Å². The quantitative estimate of drug-likeness (QED) is 0.338. The maximum absolute atomic E-state index is 12.7. The summed E-state index contributed by atoms with van der Waals surface area (Å²) < 4.78 is 1.94. The summed E-state index contributed by atoms with van der Waals surface area (Å²) >= 11 is 12.6. The molecule has 0 aliphatic heterocycles. The minimum Gasteiger partial charge on any atom is -0.324 e. The highest BCUT2D eigenvalue weighted by Gasteiger charge is 2.13. The number of anilines is 2. The van der Waals surface area contributed by atoms with E-state index in [-0.39, 0.29) is 18.4 Å². The maximum Gasteiger partial charge on any atom is 0.265 e. The van der Waals surface area contributed by atoms with Crippen LogP contribution in [0.2, 0.25) is 5.02 Å². The van der Waals surface area contributed by atoms with Gasteiger partial charge in [0.2, 0.25) is 5.91 Å². The number of halogens is 1. The Hall–Kier alpha value is -3.27. The van der Waals surface area contributed by atoms with Crippen molar-refractivity contribution in [3.05, 3.63) is 80.7 Å². The summed E-state index contributed by atoms with van der Waals surface area (Å²) in [5.74, 6) is 0.0546. The molecule has 2 heterocycles. The predicted molar refractivity (Wildman–Crippen MR) is 125 cm³/mol. The molecule has 0 spiro atoms. The second-order valence-electron chi connectivity index (χ2n) is 6.51. The molecule has 2 aromatic carbocycles. The minimum absolute atomic E-state index is 0.0287. The Bertz CT molecular complexity index is 1280. The standard InChI is InChI=1S/C21H16ClN5O2S2/c22-14-8-6-13(7-9-14)19-25-26-21(30)27(19)12-18(28)23-15-3-1-4-16(11-15)24-20(29)17-5-2-10-31-17/h1-11H,12H2,(H,23,28)(H,24,29)(H,26,30). The highest BCUT2D eigenvalue weighted by Crippen LogP contribution is 2.21. The Morgan fingerprint density at radius 3 is 2.52 bits per heavy atom. The van der Waals surface area contributed by atoms with Gasteiger partial charge in [-0.2, -0.15) is 5.10 Å². The van der Waals surface area contributed by atoms with E-state index in [9.17, 15) is 9.59 Å². The van der Waals surface area contributed by atoms with E-state index in [1.807, 2.05) is 11.4 Å². The molecule has 7 nitrogen and oxygen atoms in total. The van der Waals surface area contributed by atoms with Crippen LogP contribution in [0.1, 0.15) is 9.67 Å². The molecule has 0 fully saturated rings. The Balaban J connectivity index is 1.46. The number of rotatable bonds is 6. The first kappa shape index (κ1) is 21.0. The lowest BCUT2D eigenvalue weighted by atomic mass is 10.2. The van der Waals surface area contributed by atoms with Crippen LogP contribution < -0.4 is 10.6 Å². The third-order valence-corrected chi connectivity index (χ3v) is 5.74. The van der Waals surface area contributed by atoms with Crippen LogP contribution in [0, 0.1) is 4.77 Å². The van der Waals surface area contributed by atoms with Crippen LogP contribution in [0.15, 0.2) is 66.0 Å². The van der Waals surface area contributed by atoms with Gasteiger partial charge in [-0.05, 0) is 66.1 Å². The molecule has 0 saturated carbocycles. The van der Waals surface area contributed by atoms with E-state index in [1.165, 1.54) is 11.3 Å². The van der Waals surface area contributed by atoms with Gasteiger partial charge in [0.05, 0.1) is 4.88 Å². The van der Waals surface area contributed by atoms with Gasteiger partial charge in [-0.3, -0.25) is 19.3 Å².